The highest BCUT2D eigenvalue weighted by Gasteiger charge is 2.15. The van der Waals surface area contributed by atoms with E-state index in [-0.39, 0.29) is 17.9 Å². The highest BCUT2D eigenvalue weighted by atomic mass is 32.1. The number of nitrogens with one attached hydrogen (secondary N) is 1. The molecule has 132 valence electrons. The van der Waals surface area contributed by atoms with Crippen molar-refractivity contribution in [1.29, 1.82) is 0 Å². The van der Waals surface area contributed by atoms with Gasteiger partial charge in [-0.1, -0.05) is 71.6 Å². The second kappa shape index (κ2) is 15.7. The van der Waals surface area contributed by atoms with Crippen LogP contribution in [0.25, 0.3) is 0 Å². The first-order chi connectivity index (χ1) is 10.6. The van der Waals surface area contributed by atoms with Crippen LogP contribution in [-0.4, -0.2) is 18.6 Å². The van der Waals surface area contributed by atoms with E-state index in [1.54, 1.807) is 0 Å². The van der Waals surface area contributed by atoms with Crippen molar-refractivity contribution in [3.8, 4) is 0 Å². The molecule has 0 radical (unpaired) electrons. The van der Waals surface area contributed by atoms with Gasteiger partial charge >= 0.3 is 0 Å². The van der Waals surface area contributed by atoms with Crippen LogP contribution < -0.4 is 5.32 Å². The average molecular weight is 332 g/mol. The van der Waals surface area contributed by atoms with Crippen molar-refractivity contribution in [3.05, 3.63) is 0 Å². The molecular formula is C18H37NO2S. The summed E-state index contributed by atoms with van der Waals surface area (Å²) < 4.78 is 4.90. The van der Waals surface area contributed by atoms with Crippen molar-refractivity contribution in [2.45, 2.75) is 97.5 Å². The van der Waals surface area contributed by atoms with E-state index >= 15 is 0 Å². The van der Waals surface area contributed by atoms with Crippen LogP contribution in [-0.2, 0) is 8.98 Å². The maximum atomic E-state index is 11.9. The topological polar surface area (TPSA) is 38.3 Å². The number of rotatable bonds is 15. The predicted octanol–water partition coefficient (Wildman–Crippen LogP) is 5.30. The fourth-order valence-corrected chi connectivity index (χ4v) is 2.73. The number of hydrogen-bond acceptors (Lipinski definition) is 3. The molecule has 0 rings (SSSR count). The third-order valence-electron chi connectivity index (χ3n) is 4.14. The number of thiol groups is 1. The van der Waals surface area contributed by atoms with E-state index < -0.39 is 0 Å². The minimum absolute atomic E-state index is 0.00901. The van der Waals surface area contributed by atoms with Gasteiger partial charge in [-0.2, -0.15) is 0 Å². The molecule has 0 spiro atoms. The number of carbonyl (C=O) groups is 1. The summed E-state index contributed by atoms with van der Waals surface area (Å²) in [4.78, 5) is 11.9. The van der Waals surface area contributed by atoms with Crippen molar-refractivity contribution < 1.29 is 8.98 Å². The van der Waals surface area contributed by atoms with E-state index in [9.17, 15) is 4.79 Å². The first kappa shape index (κ1) is 21.8. The number of carbonyl (C=O) groups excluding carboxylic acids is 1. The Balaban J connectivity index is 3.33. The number of unbranched alkanes of at least 4 members (excludes halogenated alkanes) is 9. The van der Waals surface area contributed by atoms with Crippen LogP contribution >= 0.6 is 12.9 Å². The molecule has 3 nitrogen and oxygen atoms in total. The Labute approximate surface area is 143 Å². The Bertz CT molecular complexity index is 261. The summed E-state index contributed by atoms with van der Waals surface area (Å²) >= 11 is 3.78. The number of amides is 1. The molecule has 0 aliphatic rings. The van der Waals surface area contributed by atoms with Crippen molar-refractivity contribution in [2.75, 3.05) is 6.54 Å². The summed E-state index contributed by atoms with van der Waals surface area (Å²) in [6.45, 7) is 6.93. The minimum Gasteiger partial charge on any atom is -0.356 e. The third kappa shape index (κ3) is 13.4. The van der Waals surface area contributed by atoms with Gasteiger partial charge in [-0.05, 0) is 32.7 Å². The maximum Gasteiger partial charge on any atom is 0.222 e. The molecule has 4 heteroatoms. The fourth-order valence-electron chi connectivity index (χ4n) is 2.65. The van der Waals surface area contributed by atoms with Gasteiger partial charge in [0.25, 0.3) is 0 Å². The van der Waals surface area contributed by atoms with E-state index in [2.05, 4.69) is 25.2 Å². The zero-order valence-electron chi connectivity index (χ0n) is 14.9. The van der Waals surface area contributed by atoms with Crippen LogP contribution in [0.5, 0.6) is 0 Å². The van der Waals surface area contributed by atoms with Gasteiger partial charge < -0.3 is 9.50 Å². The third-order valence-corrected chi connectivity index (χ3v) is 4.50. The van der Waals surface area contributed by atoms with Crippen molar-refractivity contribution in [1.82, 2.24) is 5.32 Å². The van der Waals surface area contributed by atoms with E-state index in [0.717, 1.165) is 13.0 Å². The second-order valence-corrected chi connectivity index (χ2v) is 6.74. The molecule has 0 aromatic carbocycles. The fraction of sp³-hybridized carbons (Fsp3) is 0.944. The molecular weight excluding hydrogens is 294 g/mol. The van der Waals surface area contributed by atoms with Crippen molar-refractivity contribution >= 4 is 18.8 Å². The van der Waals surface area contributed by atoms with Gasteiger partial charge in [-0.3, -0.25) is 4.79 Å². The smallest absolute Gasteiger partial charge is 0.222 e. The monoisotopic (exact) mass is 331 g/mol. The van der Waals surface area contributed by atoms with Crippen molar-refractivity contribution in [2.24, 2.45) is 5.92 Å². The minimum atomic E-state index is -0.00901. The summed E-state index contributed by atoms with van der Waals surface area (Å²) in [6, 6.07) is 0. The molecule has 22 heavy (non-hydrogen) atoms. The van der Waals surface area contributed by atoms with Gasteiger partial charge in [-0.25, -0.2) is 0 Å². The molecule has 0 aromatic heterocycles. The Kier molecular flexibility index (Phi) is 15.5. The standard InChI is InChI=1S/C18H37NO2S/c1-4-5-6-7-8-9-10-11-12-13-14-19-18(20)16(2)15-17(3)21-22/h16-17,22H,4-15H2,1-3H3,(H,19,20). The Morgan fingerprint density at radius 1 is 0.955 bits per heavy atom. The highest BCUT2D eigenvalue weighted by Crippen LogP contribution is 2.11. The van der Waals surface area contributed by atoms with Crippen LogP contribution in [0.4, 0.5) is 0 Å². The molecule has 0 saturated heterocycles. The van der Waals surface area contributed by atoms with E-state index in [1.165, 1.54) is 57.8 Å². The summed E-state index contributed by atoms with van der Waals surface area (Å²) in [5.74, 6) is 0.124. The maximum absolute atomic E-state index is 11.9. The summed E-state index contributed by atoms with van der Waals surface area (Å²) in [7, 11) is 0. The molecule has 0 aliphatic carbocycles. The van der Waals surface area contributed by atoms with Crippen LogP contribution in [0.3, 0.4) is 0 Å². The average Bonchev–Trinajstić information content (AvgIpc) is 2.52. The first-order valence-corrected chi connectivity index (χ1v) is 9.56. The van der Waals surface area contributed by atoms with Crippen LogP contribution in [0.15, 0.2) is 0 Å². The van der Waals surface area contributed by atoms with Crippen LogP contribution in [0, 0.1) is 5.92 Å². The van der Waals surface area contributed by atoms with Gasteiger partial charge in [0.2, 0.25) is 5.91 Å². The van der Waals surface area contributed by atoms with Gasteiger partial charge in [-0.15, -0.1) is 0 Å². The lowest BCUT2D eigenvalue weighted by atomic mass is 10.0. The molecule has 0 aromatic rings. The molecule has 1 N–H and O–H groups in total. The first-order valence-electron chi connectivity index (χ1n) is 9.19. The van der Waals surface area contributed by atoms with Gasteiger partial charge in [0, 0.05) is 12.5 Å². The summed E-state index contributed by atoms with van der Waals surface area (Å²) in [5, 5.41) is 3.02. The molecule has 0 heterocycles. The van der Waals surface area contributed by atoms with E-state index in [4.69, 9.17) is 4.18 Å². The van der Waals surface area contributed by atoms with Gasteiger partial charge in [0.1, 0.15) is 0 Å². The Morgan fingerprint density at radius 2 is 1.45 bits per heavy atom. The predicted molar refractivity (Wildman–Crippen MR) is 98.2 cm³/mol. The molecule has 2 unspecified atom stereocenters. The van der Waals surface area contributed by atoms with Crippen LogP contribution in [0.1, 0.15) is 91.4 Å². The zero-order chi connectivity index (χ0) is 16.6. The summed E-state index contributed by atoms with van der Waals surface area (Å²) in [6.07, 6.45) is 13.9. The van der Waals surface area contributed by atoms with Gasteiger partial charge in [0.15, 0.2) is 0 Å². The van der Waals surface area contributed by atoms with E-state index in [0.29, 0.717) is 6.42 Å². The normalized spacial score (nSPS) is 13.8. The SMILES string of the molecule is CCCCCCCCCCCCNC(=O)C(C)CC(C)OS. The number of hydrogen-bond donors (Lipinski definition) is 2. The molecule has 1 amide bonds. The summed E-state index contributed by atoms with van der Waals surface area (Å²) in [5.41, 5.74) is 0. The lowest BCUT2D eigenvalue weighted by Crippen LogP contribution is -2.31. The van der Waals surface area contributed by atoms with E-state index in [1.807, 2.05) is 13.8 Å². The molecule has 0 aliphatic heterocycles. The quantitative estimate of drug-likeness (QED) is 0.243. The highest BCUT2D eigenvalue weighted by molar-refractivity contribution is 7.75. The Morgan fingerprint density at radius 3 is 1.95 bits per heavy atom. The molecule has 0 saturated carbocycles. The van der Waals surface area contributed by atoms with Crippen molar-refractivity contribution in [3.63, 3.8) is 0 Å². The van der Waals surface area contributed by atoms with Gasteiger partial charge in [0.05, 0.1) is 6.10 Å². The van der Waals surface area contributed by atoms with Crippen LogP contribution in [0.2, 0.25) is 0 Å². The largest absolute Gasteiger partial charge is 0.356 e. The lowest BCUT2D eigenvalue weighted by Gasteiger charge is -2.15. The zero-order valence-corrected chi connectivity index (χ0v) is 15.8. The molecule has 0 bridgehead atoms. The second-order valence-electron chi connectivity index (χ2n) is 6.53. The molecule has 2 atom stereocenters. The Hall–Kier alpha value is -0.220. The molecule has 0 fully saturated rings. The lowest BCUT2D eigenvalue weighted by molar-refractivity contribution is -0.125.